The van der Waals surface area contributed by atoms with Crippen LogP contribution in [0.25, 0.3) is 17.5 Å². The third kappa shape index (κ3) is 5.99. The van der Waals surface area contributed by atoms with Crippen LogP contribution in [-0.2, 0) is 17.9 Å². The van der Waals surface area contributed by atoms with Crippen molar-refractivity contribution in [3.8, 4) is 40.1 Å². The maximum Gasteiger partial charge on any atom is 0.342 e. The Bertz CT molecular complexity index is 1530. The zero-order chi connectivity index (χ0) is 28.1. The molecular formula is C29H27N3O7S. The molecule has 1 aliphatic rings. The summed E-state index contributed by atoms with van der Waals surface area (Å²) in [5.74, 6) is 2.82. The van der Waals surface area contributed by atoms with Crippen molar-refractivity contribution in [2.24, 2.45) is 0 Å². The smallest absolute Gasteiger partial charge is 0.342 e. The first kappa shape index (κ1) is 26.9. The van der Waals surface area contributed by atoms with Crippen LogP contribution >= 0.6 is 11.8 Å². The van der Waals surface area contributed by atoms with E-state index in [1.54, 1.807) is 50.6 Å². The van der Waals surface area contributed by atoms with Gasteiger partial charge in [0.25, 0.3) is 0 Å². The molecule has 3 aromatic carbocycles. The van der Waals surface area contributed by atoms with E-state index in [-0.39, 0.29) is 11.7 Å². The summed E-state index contributed by atoms with van der Waals surface area (Å²) in [6.07, 6.45) is 1.59. The molecule has 206 valence electrons. The summed E-state index contributed by atoms with van der Waals surface area (Å²) < 4.78 is 29.2. The molecule has 0 bridgehead atoms. The van der Waals surface area contributed by atoms with Crippen LogP contribution in [0.1, 0.15) is 18.1 Å². The molecule has 1 aromatic heterocycles. The molecule has 0 aliphatic carbocycles. The maximum atomic E-state index is 12.1. The minimum Gasteiger partial charge on any atom is -0.497 e. The van der Waals surface area contributed by atoms with Crippen molar-refractivity contribution in [1.29, 1.82) is 0 Å². The molecule has 0 saturated heterocycles. The van der Waals surface area contributed by atoms with Crippen LogP contribution in [0.5, 0.6) is 28.7 Å². The van der Waals surface area contributed by atoms with Crippen molar-refractivity contribution in [1.82, 2.24) is 14.8 Å². The largest absolute Gasteiger partial charge is 0.497 e. The van der Waals surface area contributed by atoms with Crippen LogP contribution in [0, 0.1) is 0 Å². The number of hydrogen-bond donors (Lipinski definition) is 1. The van der Waals surface area contributed by atoms with Gasteiger partial charge >= 0.3 is 5.97 Å². The van der Waals surface area contributed by atoms with Gasteiger partial charge in [0.1, 0.15) is 28.8 Å². The fraction of sp³-hybridized carbons (Fsp3) is 0.207. The lowest BCUT2D eigenvalue weighted by Gasteiger charge is -2.10. The molecule has 0 fully saturated rings. The van der Waals surface area contributed by atoms with Gasteiger partial charge in [-0.15, -0.1) is 10.2 Å². The molecule has 0 radical (unpaired) electrons. The molecule has 0 unspecified atom stereocenters. The SMILES string of the molecule is CCn1c(S/C(=C\c2ccc(OCc3ccc4c(c3)OCO4)cc2)C(=O)O)nnc1-c1cc(OC)cc(OC)c1. The molecule has 0 saturated carbocycles. The summed E-state index contributed by atoms with van der Waals surface area (Å²) in [7, 11) is 3.15. The Balaban J connectivity index is 1.31. The van der Waals surface area contributed by atoms with Gasteiger partial charge in [-0.3, -0.25) is 0 Å². The van der Waals surface area contributed by atoms with Gasteiger partial charge in [0.05, 0.1) is 14.2 Å². The fourth-order valence-electron chi connectivity index (χ4n) is 4.04. The van der Waals surface area contributed by atoms with E-state index in [9.17, 15) is 9.90 Å². The Morgan fingerprint density at radius 2 is 1.70 bits per heavy atom. The summed E-state index contributed by atoms with van der Waals surface area (Å²) in [6.45, 7) is 3.06. The summed E-state index contributed by atoms with van der Waals surface area (Å²) in [4.78, 5) is 12.2. The summed E-state index contributed by atoms with van der Waals surface area (Å²) in [5.41, 5.74) is 2.40. The first-order valence-electron chi connectivity index (χ1n) is 12.4. The Labute approximate surface area is 235 Å². The third-order valence-electron chi connectivity index (χ3n) is 6.08. The molecule has 1 aliphatic heterocycles. The number of aliphatic carboxylic acids is 1. The number of aromatic nitrogens is 3. The Morgan fingerprint density at radius 1 is 0.975 bits per heavy atom. The van der Waals surface area contributed by atoms with Crippen molar-refractivity contribution < 1.29 is 33.6 Å². The average molecular weight is 562 g/mol. The summed E-state index contributed by atoms with van der Waals surface area (Å²) >= 11 is 1.03. The zero-order valence-corrected chi connectivity index (χ0v) is 22.9. The van der Waals surface area contributed by atoms with E-state index in [4.69, 9.17) is 23.7 Å². The highest BCUT2D eigenvalue weighted by Gasteiger charge is 2.19. The van der Waals surface area contributed by atoms with Crippen LogP contribution in [0.15, 0.2) is 70.7 Å². The van der Waals surface area contributed by atoms with Gasteiger partial charge in [0, 0.05) is 18.2 Å². The lowest BCUT2D eigenvalue weighted by Crippen LogP contribution is -2.03. The monoisotopic (exact) mass is 561 g/mol. The van der Waals surface area contributed by atoms with E-state index >= 15 is 0 Å². The molecule has 11 heteroatoms. The highest BCUT2D eigenvalue weighted by atomic mass is 32.2. The van der Waals surface area contributed by atoms with Crippen LogP contribution in [0.3, 0.4) is 0 Å². The normalized spacial score (nSPS) is 12.3. The molecule has 40 heavy (non-hydrogen) atoms. The first-order valence-corrected chi connectivity index (χ1v) is 13.2. The first-order chi connectivity index (χ1) is 19.5. The molecule has 0 spiro atoms. The topological polar surface area (TPSA) is 114 Å². The molecule has 0 atom stereocenters. The maximum absolute atomic E-state index is 12.1. The molecular weight excluding hydrogens is 534 g/mol. The minimum absolute atomic E-state index is 0.103. The predicted molar refractivity (Wildman–Crippen MR) is 149 cm³/mol. The van der Waals surface area contributed by atoms with Gasteiger partial charge in [0.15, 0.2) is 22.5 Å². The van der Waals surface area contributed by atoms with E-state index in [0.717, 1.165) is 28.6 Å². The third-order valence-corrected chi connectivity index (χ3v) is 7.07. The van der Waals surface area contributed by atoms with Crippen molar-refractivity contribution in [2.45, 2.75) is 25.2 Å². The Kier molecular flexibility index (Phi) is 8.11. The quantitative estimate of drug-likeness (QED) is 0.186. The lowest BCUT2D eigenvalue weighted by molar-refractivity contribution is -0.131. The Morgan fingerprint density at radius 3 is 2.38 bits per heavy atom. The number of carboxylic acid groups (broad SMARTS) is 1. The second-order valence-electron chi connectivity index (χ2n) is 8.61. The molecule has 2 heterocycles. The van der Waals surface area contributed by atoms with Gasteiger partial charge in [-0.2, -0.15) is 0 Å². The molecule has 10 nitrogen and oxygen atoms in total. The lowest BCUT2D eigenvalue weighted by atomic mass is 10.2. The van der Waals surface area contributed by atoms with Crippen molar-refractivity contribution in [3.05, 3.63) is 76.7 Å². The average Bonchev–Trinajstić information content (AvgIpc) is 3.62. The van der Waals surface area contributed by atoms with Crippen LogP contribution in [0.2, 0.25) is 0 Å². The summed E-state index contributed by atoms with van der Waals surface area (Å²) in [5, 5.41) is 19.0. The number of carboxylic acids is 1. The molecule has 1 N–H and O–H groups in total. The molecule has 0 amide bonds. The number of fused-ring (bicyclic) bond motifs is 1. The van der Waals surface area contributed by atoms with E-state index in [1.165, 1.54) is 0 Å². The van der Waals surface area contributed by atoms with Crippen molar-refractivity contribution >= 4 is 23.8 Å². The van der Waals surface area contributed by atoms with E-state index in [2.05, 4.69) is 10.2 Å². The van der Waals surface area contributed by atoms with E-state index < -0.39 is 5.97 Å². The van der Waals surface area contributed by atoms with Crippen LogP contribution in [0.4, 0.5) is 0 Å². The van der Waals surface area contributed by atoms with E-state index in [0.29, 0.717) is 52.7 Å². The number of methoxy groups -OCH3 is 2. The number of thioether (sulfide) groups is 1. The fourth-order valence-corrected chi connectivity index (χ4v) is 4.93. The van der Waals surface area contributed by atoms with Gasteiger partial charge in [-0.05, 0) is 72.3 Å². The predicted octanol–water partition coefficient (Wildman–Crippen LogP) is 5.51. The number of carbonyl (C=O) groups is 1. The minimum atomic E-state index is -1.07. The second-order valence-corrected chi connectivity index (χ2v) is 9.62. The van der Waals surface area contributed by atoms with E-state index in [1.807, 2.05) is 41.8 Å². The number of benzene rings is 3. The van der Waals surface area contributed by atoms with Gasteiger partial charge in [-0.25, -0.2) is 4.79 Å². The second kappa shape index (κ2) is 12.0. The standard InChI is InChI=1S/C29H27N3O7S/c1-4-32-27(20-13-22(35-2)15-23(14-20)36-3)30-31-29(32)40-26(28(33)34)12-18-5-8-21(9-6-18)37-16-19-7-10-24-25(11-19)39-17-38-24/h5-15H,4,16-17H2,1-3H3,(H,33,34)/b26-12-. The van der Waals surface area contributed by atoms with Crippen molar-refractivity contribution in [2.75, 3.05) is 21.0 Å². The van der Waals surface area contributed by atoms with Crippen LogP contribution in [-0.4, -0.2) is 46.9 Å². The van der Waals surface area contributed by atoms with Gasteiger partial charge in [0.2, 0.25) is 6.79 Å². The molecule has 5 rings (SSSR count). The summed E-state index contributed by atoms with van der Waals surface area (Å²) in [6, 6.07) is 18.3. The number of rotatable bonds is 11. The van der Waals surface area contributed by atoms with Crippen molar-refractivity contribution in [3.63, 3.8) is 0 Å². The van der Waals surface area contributed by atoms with Crippen LogP contribution < -0.4 is 23.7 Å². The highest BCUT2D eigenvalue weighted by molar-refractivity contribution is 8.04. The number of nitrogens with zero attached hydrogens (tertiary/aromatic N) is 3. The molecule has 4 aromatic rings. The Hall–Kier alpha value is -4.64. The highest BCUT2D eigenvalue weighted by Crippen LogP contribution is 2.34. The zero-order valence-electron chi connectivity index (χ0n) is 22.1. The van der Waals surface area contributed by atoms with Gasteiger partial charge < -0.3 is 33.4 Å². The number of hydrogen-bond acceptors (Lipinski definition) is 9. The van der Waals surface area contributed by atoms with Gasteiger partial charge in [-0.1, -0.05) is 18.2 Å². The number of ether oxygens (including phenoxy) is 5.